The Morgan fingerprint density at radius 2 is 2.08 bits per heavy atom. The standard InChI is InChI=1S/C13H15F4N3O6/c1-5-2-20(11(25)19-8(5)23)9-6(14)7(22)12(4-21,26-9)3-18-10(24)13(15,16)17/h2,6-7,9,21-22H,3-4H2,1H3,(H,18,24)(H,19,23,25)/t6-,7+,9-,12-/m1/s1. The predicted molar refractivity (Wildman–Crippen MR) is 76.0 cm³/mol. The van der Waals surface area contributed by atoms with Crippen LogP contribution in [0.25, 0.3) is 0 Å². The first-order chi connectivity index (χ1) is 11.9. The Kier molecular flexibility index (Phi) is 5.26. The van der Waals surface area contributed by atoms with Crippen molar-refractivity contribution in [1.82, 2.24) is 14.9 Å². The van der Waals surface area contributed by atoms with Gasteiger partial charge in [-0.1, -0.05) is 0 Å². The van der Waals surface area contributed by atoms with Gasteiger partial charge in [-0.25, -0.2) is 9.18 Å². The maximum absolute atomic E-state index is 14.4. The molecule has 0 bridgehead atoms. The van der Waals surface area contributed by atoms with Crippen LogP contribution in [0.2, 0.25) is 0 Å². The third kappa shape index (κ3) is 3.50. The molecule has 0 saturated carbocycles. The number of halogens is 4. The molecule has 0 unspecified atom stereocenters. The first kappa shape index (κ1) is 20.1. The number of carbonyl (C=O) groups excluding carboxylic acids is 1. The number of aromatic amines is 1. The summed E-state index contributed by atoms with van der Waals surface area (Å²) in [5.41, 5.74) is -4.16. The van der Waals surface area contributed by atoms with Crippen molar-refractivity contribution in [2.24, 2.45) is 0 Å². The summed E-state index contributed by atoms with van der Waals surface area (Å²) >= 11 is 0. The van der Waals surface area contributed by atoms with E-state index in [4.69, 9.17) is 4.74 Å². The number of aliphatic hydroxyl groups excluding tert-OH is 2. The van der Waals surface area contributed by atoms with E-state index < -0.39 is 60.6 Å². The molecule has 4 N–H and O–H groups in total. The largest absolute Gasteiger partial charge is 0.471 e. The second kappa shape index (κ2) is 6.81. The number of aryl methyl sites for hydroxylation is 1. The fourth-order valence-corrected chi connectivity index (χ4v) is 2.47. The molecule has 1 fully saturated rings. The second-order valence-corrected chi connectivity index (χ2v) is 5.78. The van der Waals surface area contributed by atoms with E-state index >= 15 is 0 Å². The molecule has 4 atom stereocenters. The van der Waals surface area contributed by atoms with Crippen LogP contribution in [0.1, 0.15) is 11.8 Å². The number of rotatable bonds is 4. The Hall–Kier alpha value is -2.25. The van der Waals surface area contributed by atoms with E-state index in [2.05, 4.69) is 0 Å². The van der Waals surface area contributed by atoms with Crippen LogP contribution < -0.4 is 16.6 Å². The van der Waals surface area contributed by atoms with Gasteiger partial charge >= 0.3 is 17.8 Å². The number of amides is 1. The van der Waals surface area contributed by atoms with Crippen molar-refractivity contribution >= 4 is 5.91 Å². The average Bonchev–Trinajstić information content (AvgIpc) is 2.80. The monoisotopic (exact) mass is 385 g/mol. The van der Waals surface area contributed by atoms with Crippen molar-refractivity contribution in [3.63, 3.8) is 0 Å². The van der Waals surface area contributed by atoms with Crippen LogP contribution in [-0.2, 0) is 9.53 Å². The SMILES string of the molecule is Cc1cn([C@@H]2O[C@@](CO)(CNC(=O)C(F)(F)F)[C@@H](O)[C@H]2F)c(=O)[nH]c1=O. The molecule has 0 radical (unpaired) electrons. The normalized spacial score (nSPS) is 29.0. The molecule has 0 aromatic carbocycles. The summed E-state index contributed by atoms with van der Waals surface area (Å²) in [7, 11) is 0. The molecular formula is C13H15F4N3O6. The van der Waals surface area contributed by atoms with E-state index in [1.165, 1.54) is 12.2 Å². The minimum Gasteiger partial charge on any atom is -0.393 e. The topological polar surface area (TPSA) is 134 Å². The molecular weight excluding hydrogens is 370 g/mol. The zero-order chi connectivity index (χ0) is 19.9. The molecule has 26 heavy (non-hydrogen) atoms. The van der Waals surface area contributed by atoms with E-state index in [1.54, 1.807) is 0 Å². The van der Waals surface area contributed by atoms with Gasteiger partial charge in [0.25, 0.3) is 5.56 Å². The van der Waals surface area contributed by atoms with Crippen LogP contribution in [-0.4, -0.2) is 62.9 Å². The van der Waals surface area contributed by atoms with Gasteiger partial charge < -0.3 is 20.3 Å². The fraction of sp³-hybridized carbons (Fsp3) is 0.615. The lowest BCUT2D eigenvalue weighted by Gasteiger charge is -2.30. The Morgan fingerprint density at radius 3 is 2.62 bits per heavy atom. The number of nitrogens with zero attached hydrogens (tertiary/aromatic N) is 1. The van der Waals surface area contributed by atoms with Crippen molar-refractivity contribution in [1.29, 1.82) is 0 Å². The molecule has 1 aliphatic rings. The lowest BCUT2D eigenvalue weighted by molar-refractivity contribution is -0.177. The summed E-state index contributed by atoms with van der Waals surface area (Å²) in [6, 6.07) is 0. The molecule has 2 rings (SSSR count). The molecule has 1 aliphatic heterocycles. The maximum Gasteiger partial charge on any atom is 0.471 e. The number of nitrogens with one attached hydrogen (secondary N) is 2. The minimum atomic E-state index is -5.23. The molecule has 1 aromatic rings. The van der Waals surface area contributed by atoms with Gasteiger partial charge in [-0.15, -0.1) is 0 Å². The number of H-pyrrole nitrogens is 1. The second-order valence-electron chi connectivity index (χ2n) is 5.78. The molecule has 1 amide bonds. The van der Waals surface area contributed by atoms with Gasteiger partial charge in [-0.3, -0.25) is 19.1 Å². The van der Waals surface area contributed by atoms with Crippen molar-refractivity contribution < 1.29 is 37.3 Å². The number of aliphatic hydroxyl groups is 2. The lowest BCUT2D eigenvalue weighted by Crippen LogP contribution is -2.55. The molecule has 0 aliphatic carbocycles. The summed E-state index contributed by atoms with van der Waals surface area (Å²) in [6.07, 6.45) is -10.6. The fourth-order valence-electron chi connectivity index (χ4n) is 2.47. The Labute approximate surface area is 142 Å². The highest BCUT2D eigenvalue weighted by molar-refractivity contribution is 5.81. The van der Waals surface area contributed by atoms with Crippen molar-refractivity contribution in [2.45, 2.75) is 37.2 Å². The maximum atomic E-state index is 14.4. The highest BCUT2D eigenvalue weighted by atomic mass is 19.4. The van der Waals surface area contributed by atoms with Crippen molar-refractivity contribution in [2.75, 3.05) is 13.2 Å². The number of ether oxygens (including phenoxy) is 1. The third-order valence-corrected chi connectivity index (χ3v) is 3.96. The minimum absolute atomic E-state index is 0.00163. The van der Waals surface area contributed by atoms with Gasteiger partial charge in [0.05, 0.1) is 13.2 Å². The number of alkyl halides is 4. The summed E-state index contributed by atoms with van der Waals surface area (Å²) in [5.74, 6) is -2.38. The number of aromatic nitrogens is 2. The van der Waals surface area contributed by atoms with Crippen LogP contribution >= 0.6 is 0 Å². The van der Waals surface area contributed by atoms with E-state index in [1.807, 2.05) is 4.98 Å². The van der Waals surface area contributed by atoms with E-state index in [9.17, 15) is 42.2 Å². The summed E-state index contributed by atoms with van der Waals surface area (Å²) in [5, 5.41) is 20.8. The number of carbonyl (C=O) groups is 1. The van der Waals surface area contributed by atoms with E-state index in [0.717, 1.165) is 6.20 Å². The van der Waals surface area contributed by atoms with Crippen molar-refractivity contribution in [3.8, 4) is 0 Å². The first-order valence-electron chi connectivity index (χ1n) is 7.21. The molecule has 1 aromatic heterocycles. The summed E-state index contributed by atoms with van der Waals surface area (Å²) in [4.78, 5) is 36.0. The highest BCUT2D eigenvalue weighted by Crippen LogP contribution is 2.38. The smallest absolute Gasteiger partial charge is 0.393 e. The zero-order valence-electron chi connectivity index (χ0n) is 13.2. The zero-order valence-corrected chi connectivity index (χ0v) is 13.2. The van der Waals surface area contributed by atoms with Gasteiger partial charge in [0.2, 0.25) is 0 Å². The van der Waals surface area contributed by atoms with Gasteiger partial charge in [-0.05, 0) is 6.92 Å². The predicted octanol–water partition coefficient (Wildman–Crippen LogP) is -1.52. The van der Waals surface area contributed by atoms with E-state index in [-0.39, 0.29) is 5.56 Å². The molecule has 0 spiro atoms. The van der Waals surface area contributed by atoms with Crippen LogP contribution in [0.3, 0.4) is 0 Å². The molecule has 146 valence electrons. The van der Waals surface area contributed by atoms with Crippen LogP contribution in [0.4, 0.5) is 17.6 Å². The third-order valence-electron chi connectivity index (χ3n) is 3.96. The van der Waals surface area contributed by atoms with Crippen LogP contribution in [0.15, 0.2) is 15.8 Å². The molecule has 2 heterocycles. The van der Waals surface area contributed by atoms with Gasteiger partial charge in [0, 0.05) is 11.8 Å². The molecule has 9 nitrogen and oxygen atoms in total. The van der Waals surface area contributed by atoms with Gasteiger partial charge in [-0.2, -0.15) is 13.2 Å². The molecule has 1 saturated heterocycles. The van der Waals surface area contributed by atoms with Crippen LogP contribution in [0.5, 0.6) is 0 Å². The van der Waals surface area contributed by atoms with E-state index in [0.29, 0.717) is 4.57 Å². The highest BCUT2D eigenvalue weighted by Gasteiger charge is 2.56. The average molecular weight is 385 g/mol. The Bertz CT molecular complexity index is 806. The van der Waals surface area contributed by atoms with Crippen molar-refractivity contribution in [3.05, 3.63) is 32.6 Å². The molecule has 13 heteroatoms. The van der Waals surface area contributed by atoms with Gasteiger partial charge in [0.1, 0.15) is 11.7 Å². The first-order valence-corrected chi connectivity index (χ1v) is 7.21. The number of hydrogen-bond donors (Lipinski definition) is 4. The summed E-state index contributed by atoms with van der Waals surface area (Å²) < 4.78 is 57.0. The lowest BCUT2D eigenvalue weighted by atomic mass is 9.96. The Balaban J connectivity index is 2.32. The quantitative estimate of drug-likeness (QED) is 0.466. The number of hydrogen-bond acceptors (Lipinski definition) is 6. The van der Waals surface area contributed by atoms with Crippen LogP contribution in [0, 0.1) is 6.92 Å². The Morgan fingerprint density at radius 1 is 1.46 bits per heavy atom. The summed E-state index contributed by atoms with van der Waals surface area (Å²) in [6.45, 7) is -0.923. The van der Waals surface area contributed by atoms with Gasteiger partial charge in [0.15, 0.2) is 12.4 Å².